The summed E-state index contributed by atoms with van der Waals surface area (Å²) in [7, 11) is 0. The Hall–Kier alpha value is -2.45. The van der Waals surface area contributed by atoms with Crippen LogP contribution in [0.15, 0.2) is 24.5 Å². The van der Waals surface area contributed by atoms with Crippen molar-refractivity contribution in [1.82, 2.24) is 24.6 Å². The van der Waals surface area contributed by atoms with E-state index < -0.39 is 11.9 Å². The maximum absolute atomic E-state index is 12.7. The van der Waals surface area contributed by atoms with Crippen molar-refractivity contribution in [2.75, 3.05) is 13.1 Å². The molecule has 0 spiro atoms. The number of halogens is 3. The van der Waals surface area contributed by atoms with Crippen molar-refractivity contribution < 1.29 is 18.0 Å². The highest BCUT2D eigenvalue weighted by Gasteiger charge is 2.35. The van der Waals surface area contributed by atoms with E-state index in [9.17, 15) is 18.0 Å². The molecule has 2 aliphatic rings. The number of amides is 1. The molecule has 1 aliphatic heterocycles. The zero-order chi connectivity index (χ0) is 18.3. The lowest BCUT2D eigenvalue weighted by Gasteiger charge is -2.32. The number of rotatable bonds is 3. The molecule has 1 saturated carbocycles. The van der Waals surface area contributed by atoms with Crippen LogP contribution in [0.25, 0.3) is 0 Å². The van der Waals surface area contributed by atoms with Gasteiger partial charge in [-0.15, -0.1) is 0 Å². The van der Waals surface area contributed by atoms with Crippen LogP contribution >= 0.6 is 0 Å². The van der Waals surface area contributed by atoms with Gasteiger partial charge in [0.2, 0.25) is 0 Å². The molecule has 3 heterocycles. The monoisotopic (exact) mass is 365 g/mol. The van der Waals surface area contributed by atoms with Crippen LogP contribution < -0.4 is 0 Å². The zero-order valence-electron chi connectivity index (χ0n) is 14.0. The number of carbonyl (C=O) groups is 1. The van der Waals surface area contributed by atoms with E-state index in [4.69, 9.17) is 0 Å². The summed E-state index contributed by atoms with van der Waals surface area (Å²) in [6, 6.07) is 2.46. The maximum Gasteiger partial charge on any atom is 0.435 e. The first-order chi connectivity index (χ1) is 12.4. The van der Waals surface area contributed by atoms with Gasteiger partial charge in [-0.3, -0.25) is 9.48 Å². The number of hydrogen-bond donors (Lipinski definition) is 0. The molecule has 0 radical (unpaired) electrons. The Labute approximate surface area is 148 Å². The first-order valence-electron chi connectivity index (χ1n) is 8.66. The van der Waals surface area contributed by atoms with Gasteiger partial charge in [-0.25, -0.2) is 9.97 Å². The highest BCUT2D eigenvalue weighted by Crippen LogP contribution is 2.37. The minimum atomic E-state index is -4.44. The molecule has 2 aromatic heterocycles. The number of nitrogens with zero attached hydrogens (tertiary/aromatic N) is 5. The van der Waals surface area contributed by atoms with Crippen molar-refractivity contribution in [3.8, 4) is 0 Å². The number of alkyl halides is 3. The summed E-state index contributed by atoms with van der Waals surface area (Å²) in [5.41, 5.74) is -0.497. The third kappa shape index (κ3) is 3.42. The molecule has 0 bridgehead atoms. The van der Waals surface area contributed by atoms with E-state index in [-0.39, 0.29) is 11.9 Å². The Balaban J connectivity index is 1.39. The maximum atomic E-state index is 12.7. The van der Waals surface area contributed by atoms with Gasteiger partial charge in [-0.1, -0.05) is 0 Å². The average Bonchev–Trinajstić information content (AvgIpc) is 3.36. The van der Waals surface area contributed by atoms with Crippen molar-refractivity contribution in [3.63, 3.8) is 0 Å². The second kappa shape index (κ2) is 6.37. The van der Waals surface area contributed by atoms with Crippen LogP contribution in [0.1, 0.15) is 59.6 Å². The minimum absolute atomic E-state index is 0.137. The third-order valence-corrected chi connectivity index (χ3v) is 4.86. The fraction of sp³-hybridized carbons (Fsp3) is 0.529. The minimum Gasteiger partial charge on any atom is -0.337 e. The van der Waals surface area contributed by atoms with E-state index in [1.807, 2.05) is 0 Å². The molecule has 0 unspecified atom stereocenters. The predicted molar refractivity (Wildman–Crippen MR) is 85.4 cm³/mol. The molecule has 138 valence electrons. The quantitative estimate of drug-likeness (QED) is 0.839. The largest absolute Gasteiger partial charge is 0.435 e. The molecule has 1 aliphatic carbocycles. The molecule has 1 saturated heterocycles. The molecule has 0 N–H and O–H groups in total. The van der Waals surface area contributed by atoms with Gasteiger partial charge in [0.1, 0.15) is 11.5 Å². The van der Waals surface area contributed by atoms with Crippen molar-refractivity contribution in [2.24, 2.45) is 0 Å². The van der Waals surface area contributed by atoms with Crippen LogP contribution in [0, 0.1) is 0 Å². The average molecular weight is 365 g/mol. The molecular formula is C17H18F3N5O. The Morgan fingerprint density at radius 1 is 1.12 bits per heavy atom. The summed E-state index contributed by atoms with van der Waals surface area (Å²) in [5.74, 6) is 0.947. The molecule has 0 aromatic carbocycles. The summed E-state index contributed by atoms with van der Waals surface area (Å²) < 4.78 is 39.4. The van der Waals surface area contributed by atoms with E-state index in [1.165, 1.54) is 10.9 Å². The smallest absolute Gasteiger partial charge is 0.337 e. The van der Waals surface area contributed by atoms with E-state index >= 15 is 0 Å². The Morgan fingerprint density at radius 3 is 2.46 bits per heavy atom. The zero-order valence-corrected chi connectivity index (χ0v) is 14.0. The van der Waals surface area contributed by atoms with Gasteiger partial charge in [-0.05, 0) is 37.8 Å². The Kier molecular flexibility index (Phi) is 4.16. The van der Waals surface area contributed by atoms with Crippen molar-refractivity contribution in [1.29, 1.82) is 0 Å². The molecular weight excluding hydrogens is 347 g/mol. The summed E-state index contributed by atoms with van der Waals surface area (Å²) >= 11 is 0. The van der Waals surface area contributed by atoms with Crippen LogP contribution in [0.4, 0.5) is 13.2 Å². The number of hydrogen-bond acceptors (Lipinski definition) is 4. The lowest BCUT2D eigenvalue weighted by molar-refractivity contribution is -0.141. The van der Waals surface area contributed by atoms with Gasteiger partial charge < -0.3 is 4.90 Å². The van der Waals surface area contributed by atoms with Gasteiger partial charge in [0.25, 0.3) is 5.91 Å². The summed E-state index contributed by atoms with van der Waals surface area (Å²) in [6.45, 7) is 0.931. The van der Waals surface area contributed by atoms with Crippen LogP contribution in [0.2, 0.25) is 0 Å². The Morgan fingerprint density at radius 2 is 1.85 bits per heavy atom. The molecule has 1 amide bonds. The van der Waals surface area contributed by atoms with Crippen LogP contribution in [-0.4, -0.2) is 43.6 Å². The number of likely N-dealkylation sites (tertiary alicyclic amines) is 1. The van der Waals surface area contributed by atoms with Gasteiger partial charge >= 0.3 is 6.18 Å². The van der Waals surface area contributed by atoms with E-state index in [0.29, 0.717) is 37.5 Å². The molecule has 9 heteroatoms. The molecule has 0 atom stereocenters. The number of aromatic nitrogens is 4. The normalized spacial score (nSPS) is 19.0. The van der Waals surface area contributed by atoms with Crippen LogP contribution in [0.3, 0.4) is 0 Å². The standard InChI is InChI=1S/C17H18F3N5O/c18-17(19,20)14-6-10-25(23-14)12-4-8-24(9-5-12)16(26)13-3-7-21-15(22-13)11-1-2-11/h3,6-7,10-12H,1-2,4-5,8-9H2. The number of carbonyl (C=O) groups excluding carboxylic acids is 1. The topological polar surface area (TPSA) is 63.9 Å². The van der Waals surface area contributed by atoms with E-state index in [2.05, 4.69) is 15.1 Å². The highest BCUT2D eigenvalue weighted by atomic mass is 19.4. The van der Waals surface area contributed by atoms with Gasteiger partial charge in [0, 0.05) is 31.4 Å². The molecule has 2 aromatic rings. The second-order valence-corrected chi connectivity index (χ2v) is 6.78. The van der Waals surface area contributed by atoms with Gasteiger partial charge in [0.05, 0.1) is 6.04 Å². The molecule has 4 rings (SSSR count). The highest BCUT2D eigenvalue weighted by molar-refractivity contribution is 5.92. The number of piperidine rings is 1. The fourth-order valence-electron chi connectivity index (χ4n) is 3.22. The Bertz CT molecular complexity index is 807. The van der Waals surface area contributed by atoms with E-state index in [1.54, 1.807) is 17.2 Å². The lowest BCUT2D eigenvalue weighted by Crippen LogP contribution is -2.39. The summed E-state index contributed by atoms with van der Waals surface area (Å²) in [6.07, 6.45) is 1.78. The molecule has 26 heavy (non-hydrogen) atoms. The first kappa shape index (κ1) is 17.0. The van der Waals surface area contributed by atoms with Crippen LogP contribution in [-0.2, 0) is 6.18 Å². The SMILES string of the molecule is O=C(c1ccnc(C2CC2)n1)N1CCC(n2ccc(C(F)(F)F)n2)CC1. The summed E-state index contributed by atoms with van der Waals surface area (Å²) in [5, 5.41) is 3.64. The van der Waals surface area contributed by atoms with Crippen LogP contribution in [0.5, 0.6) is 0 Å². The van der Waals surface area contributed by atoms with E-state index in [0.717, 1.165) is 24.7 Å². The third-order valence-electron chi connectivity index (χ3n) is 4.86. The van der Waals surface area contributed by atoms with Crippen molar-refractivity contribution >= 4 is 5.91 Å². The summed E-state index contributed by atoms with van der Waals surface area (Å²) in [4.78, 5) is 22.9. The first-order valence-corrected chi connectivity index (χ1v) is 8.66. The van der Waals surface area contributed by atoms with Crippen molar-refractivity contribution in [3.05, 3.63) is 41.7 Å². The fourth-order valence-corrected chi connectivity index (χ4v) is 3.22. The predicted octanol–water partition coefficient (Wildman–Crippen LogP) is 3.05. The molecule has 2 fully saturated rings. The van der Waals surface area contributed by atoms with Gasteiger partial charge in [0.15, 0.2) is 5.69 Å². The van der Waals surface area contributed by atoms with Crippen molar-refractivity contribution in [2.45, 2.75) is 43.8 Å². The molecule has 6 nitrogen and oxygen atoms in total. The van der Waals surface area contributed by atoms with Gasteiger partial charge in [-0.2, -0.15) is 18.3 Å². The second-order valence-electron chi connectivity index (χ2n) is 6.78. The lowest BCUT2D eigenvalue weighted by atomic mass is 10.0.